The van der Waals surface area contributed by atoms with Crippen LogP contribution in [-0.4, -0.2) is 155 Å². The normalized spacial score (nSPS) is 22.6. The summed E-state index contributed by atoms with van der Waals surface area (Å²) >= 11 is 0. The number of rotatable bonds is 9. The first kappa shape index (κ1) is 55.0. The number of amides is 2. The van der Waals surface area contributed by atoms with Crippen molar-refractivity contribution in [1.82, 2.24) is 33.8 Å². The highest BCUT2D eigenvalue weighted by Gasteiger charge is 2.51. The molecule has 3 spiro atoms. The highest BCUT2D eigenvalue weighted by atomic mass is 32.2. The van der Waals surface area contributed by atoms with E-state index in [0.29, 0.717) is 80.2 Å². The molecular formula is C53H63N7O13S3. The fraction of sp³-hybridized carbons (Fsp3) is 0.453. The van der Waals surface area contributed by atoms with Gasteiger partial charge in [0.2, 0.25) is 41.9 Å². The average molecular weight is 1100 g/mol. The number of hydrogen-bond donors (Lipinski definition) is 3. The lowest BCUT2D eigenvalue weighted by molar-refractivity contribution is -0.151. The monoisotopic (exact) mass is 1100 g/mol. The van der Waals surface area contributed by atoms with Crippen LogP contribution in [0.4, 0.5) is 0 Å². The van der Waals surface area contributed by atoms with Crippen molar-refractivity contribution in [3.05, 3.63) is 125 Å². The second kappa shape index (κ2) is 21.9. The molecule has 6 aliphatic heterocycles. The highest BCUT2D eigenvalue weighted by Crippen LogP contribution is 2.38. The van der Waals surface area contributed by atoms with Crippen LogP contribution >= 0.6 is 0 Å². The largest absolute Gasteiger partial charge is 0.443 e. The minimum absolute atomic E-state index is 0.0270. The Labute approximate surface area is 443 Å². The second-order valence-corrected chi connectivity index (χ2v) is 26.0. The molecule has 3 N–H and O–H groups in total. The molecule has 11 rings (SSSR count). The molecule has 0 aromatic heterocycles. The molecule has 2 amide bonds. The van der Waals surface area contributed by atoms with E-state index >= 15 is 0 Å². The van der Waals surface area contributed by atoms with Gasteiger partial charge in [0.1, 0.15) is 12.3 Å². The van der Waals surface area contributed by atoms with E-state index in [1.54, 1.807) is 28.6 Å². The van der Waals surface area contributed by atoms with Crippen LogP contribution < -0.4 is 16.0 Å². The SMILES string of the molecule is CC(=O)c1ccc(S(=O)(=O)N2CCC3(CC2)NC(=O)CO3)cc1.CC(=O)c1ccc(S(=O)(=O)N2CCC3(CC2)NCC(=O)O3)cc1.O=C1CN(C2CCc3ccccc3C2)C2(CCN(S(=O)(=O)c3ccccc3)CC2)N1. The third-order valence-corrected chi connectivity index (χ3v) is 21.2. The first-order valence-corrected chi connectivity index (χ1v) is 29.8. The summed E-state index contributed by atoms with van der Waals surface area (Å²) < 4.78 is 91.7. The highest BCUT2D eigenvalue weighted by molar-refractivity contribution is 7.89. The Morgan fingerprint density at radius 2 is 1.01 bits per heavy atom. The summed E-state index contributed by atoms with van der Waals surface area (Å²) in [7, 11) is -10.7. The molecule has 406 valence electrons. The van der Waals surface area contributed by atoms with Crippen LogP contribution in [0.15, 0.2) is 118 Å². The third-order valence-electron chi connectivity index (χ3n) is 15.5. The maximum atomic E-state index is 13.0. The van der Waals surface area contributed by atoms with E-state index in [1.807, 2.05) is 6.07 Å². The fourth-order valence-electron chi connectivity index (χ4n) is 11.1. The Morgan fingerprint density at radius 1 is 0.553 bits per heavy atom. The molecular weight excluding hydrogens is 1040 g/mol. The minimum Gasteiger partial charge on any atom is -0.443 e. The summed E-state index contributed by atoms with van der Waals surface area (Å²) in [6.45, 7) is 5.39. The molecule has 0 bridgehead atoms. The van der Waals surface area contributed by atoms with Crippen molar-refractivity contribution in [3.8, 4) is 0 Å². The molecule has 1 unspecified atom stereocenters. The van der Waals surface area contributed by atoms with Crippen molar-refractivity contribution in [2.75, 3.05) is 59.0 Å². The summed E-state index contributed by atoms with van der Waals surface area (Å²) in [6, 6.07) is 29.3. The summed E-state index contributed by atoms with van der Waals surface area (Å²) in [5, 5.41) is 9.02. The molecule has 4 aromatic carbocycles. The second-order valence-electron chi connectivity index (χ2n) is 20.2. The van der Waals surface area contributed by atoms with E-state index in [0.717, 1.165) is 19.3 Å². The molecule has 1 atom stereocenters. The Hall–Kier alpha value is -5.76. The standard InChI is InChI=1S/C23H27N3O3S.2C15H18N2O5S/c27-22-17-26(20-11-10-18-6-4-5-7-19(18)16-20)23(24-22)12-14-25(15-13-23)30(28,29)21-8-2-1-3-9-21;1-11(18)12-2-4-13(5-3-12)23(20,21)17-8-6-15(7-9-17)16-14(19)10-22-15;1-11(18)12-2-4-13(5-3-12)23(20,21)17-8-6-15(7-9-17)16-10-14(19)22-15/h1-9,20H,10-17H2,(H,24,27);2-5H,6-10H2,1H3,(H,16,19);2-5,16H,6-10H2,1H3. The number of benzene rings is 4. The van der Waals surface area contributed by atoms with Gasteiger partial charge in [-0.25, -0.2) is 25.3 Å². The van der Waals surface area contributed by atoms with Gasteiger partial charge in [0.15, 0.2) is 17.3 Å². The molecule has 4 aromatic rings. The Kier molecular flexibility index (Phi) is 15.9. The maximum Gasteiger partial charge on any atom is 0.321 e. The molecule has 0 saturated carbocycles. The number of ether oxygens (including phenoxy) is 2. The Balaban J connectivity index is 0.000000141. The molecule has 0 radical (unpaired) electrons. The summed E-state index contributed by atoms with van der Waals surface area (Å²) in [6.07, 6.45) is 5.90. The van der Waals surface area contributed by atoms with E-state index in [2.05, 4.69) is 45.1 Å². The summed E-state index contributed by atoms with van der Waals surface area (Å²) in [5.41, 5.74) is 1.85. The van der Waals surface area contributed by atoms with E-state index in [-0.39, 0.29) is 78.5 Å². The van der Waals surface area contributed by atoms with Crippen molar-refractivity contribution in [3.63, 3.8) is 0 Å². The number of carbonyl (C=O) groups excluding carboxylic acids is 5. The van der Waals surface area contributed by atoms with Gasteiger partial charge in [-0.05, 0) is 93.5 Å². The lowest BCUT2D eigenvalue weighted by Crippen LogP contribution is -2.61. The number of nitrogens with zero attached hydrogens (tertiary/aromatic N) is 4. The van der Waals surface area contributed by atoms with E-state index in [4.69, 9.17) is 9.47 Å². The van der Waals surface area contributed by atoms with Crippen LogP contribution in [0.2, 0.25) is 0 Å². The molecule has 6 fully saturated rings. The number of carbonyl (C=O) groups is 5. The van der Waals surface area contributed by atoms with Gasteiger partial charge in [-0.1, -0.05) is 66.7 Å². The topological polar surface area (TPSA) is 255 Å². The van der Waals surface area contributed by atoms with Crippen molar-refractivity contribution in [1.29, 1.82) is 0 Å². The van der Waals surface area contributed by atoms with Gasteiger partial charge >= 0.3 is 5.97 Å². The molecule has 20 nitrogen and oxygen atoms in total. The van der Waals surface area contributed by atoms with E-state index < -0.39 is 47.2 Å². The number of aryl methyl sites for hydroxylation is 1. The zero-order valence-electron chi connectivity index (χ0n) is 42.4. The maximum absolute atomic E-state index is 13.0. The molecule has 6 heterocycles. The number of piperidine rings is 3. The van der Waals surface area contributed by atoms with Gasteiger partial charge in [0.05, 0.1) is 33.4 Å². The van der Waals surface area contributed by atoms with Gasteiger partial charge in [-0.3, -0.25) is 34.2 Å². The smallest absolute Gasteiger partial charge is 0.321 e. The number of nitrogens with one attached hydrogen (secondary N) is 3. The van der Waals surface area contributed by atoms with Crippen molar-refractivity contribution in [2.24, 2.45) is 0 Å². The van der Waals surface area contributed by atoms with Gasteiger partial charge in [0.25, 0.3) is 0 Å². The van der Waals surface area contributed by atoms with Crippen molar-refractivity contribution < 1.29 is 58.7 Å². The molecule has 23 heteroatoms. The van der Waals surface area contributed by atoms with Crippen LogP contribution in [0.5, 0.6) is 0 Å². The average Bonchev–Trinajstić information content (AvgIpc) is 4.13. The summed E-state index contributed by atoms with van der Waals surface area (Å²) in [4.78, 5) is 60.5. The van der Waals surface area contributed by atoms with Gasteiger partial charge in [-0.2, -0.15) is 12.9 Å². The minimum atomic E-state index is -3.61. The van der Waals surface area contributed by atoms with Crippen LogP contribution in [-0.2, 0) is 66.8 Å². The summed E-state index contributed by atoms with van der Waals surface area (Å²) in [5.74, 6) is -0.638. The quantitative estimate of drug-likeness (QED) is 0.161. The number of hydrogen-bond acceptors (Lipinski definition) is 15. The molecule has 1 aliphatic carbocycles. The predicted molar refractivity (Wildman–Crippen MR) is 277 cm³/mol. The number of sulfonamides is 3. The Morgan fingerprint density at radius 3 is 1.47 bits per heavy atom. The van der Waals surface area contributed by atoms with E-state index in [1.165, 1.54) is 82.1 Å². The Bertz CT molecular complexity index is 3060. The van der Waals surface area contributed by atoms with Crippen molar-refractivity contribution >= 4 is 59.4 Å². The van der Waals surface area contributed by atoms with Crippen LogP contribution in [0.3, 0.4) is 0 Å². The van der Waals surface area contributed by atoms with Crippen molar-refractivity contribution in [2.45, 2.75) is 109 Å². The van der Waals surface area contributed by atoms with Gasteiger partial charge in [0, 0.05) is 82.1 Å². The van der Waals surface area contributed by atoms with Crippen LogP contribution in [0.25, 0.3) is 0 Å². The lowest BCUT2D eigenvalue weighted by Gasteiger charge is -2.47. The molecule has 76 heavy (non-hydrogen) atoms. The first-order valence-electron chi connectivity index (χ1n) is 25.5. The van der Waals surface area contributed by atoms with Gasteiger partial charge in [-0.15, -0.1) is 0 Å². The molecule has 6 saturated heterocycles. The first-order chi connectivity index (χ1) is 36.1. The zero-order chi connectivity index (χ0) is 54.1. The lowest BCUT2D eigenvalue weighted by atomic mass is 9.85. The zero-order valence-corrected chi connectivity index (χ0v) is 44.9. The molecule has 7 aliphatic rings. The number of Topliss-reactive ketones (excluding diaryl/α,β-unsaturated/α-hetero) is 2. The number of esters is 1. The number of fused-ring (bicyclic) bond motifs is 1. The number of ketones is 2. The third kappa shape index (κ3) is 11.6. The van der Waals surface area contributed by atoms with Crippen LogP contribution in [0.1, 0.15) is 90.6 Å². The fourth-order valence-corrected chi connectivity index (χ4v) is 15.5. The van der Waals surface area contributed by atoms with E-state index in [9.17, 15) is 49.2 Å². The predicted octanol–water partition coefficient (Wildman–Crippen LogP) is 3.19. The van der Waals surface area contributed by atoms with Crippen LogP contribution in [0, 0.1) is 0 Å². The van der Waals surface area contributed by atoms with Gasteiger partial charge < -0.3 is 20.1 Å².